The van der Waals surface area contributed by atoms with E-state index >= 15 is 0 Å². The average Bonchev–Trinajstić information content (AvgIpc) is 2.63. The fourth-order valence-corrected chi connectivity index (χ4v) is 2.25. The third kappa shape index (κ3) is 2.21. The van der Waals surface area contributed by atoms with Crippen molar-refractivity contribution in [1.82, 2.24) is 9.97 Å². The Labute approximate surface area is 97.1 Å². The van der Waals surface area contributed by atoms with Crippen LogP contribution in [0.1, 0.15) is 11.1 Å². The molecule has 0 unspecified atom stereocenters. The minimum Gasteiger partial charge on any atom is -0.331 e. The molecule has 0 spiro atoms. The van der Waals surface area contributed by atoms with Crippen LogP contribution in [-0.2, 0) is 0 Å². The third-order valence-electron chi connectivity index (χ3n) is 2.24. The molecule has 15 heavy (non-hydrogen) atoms. The van der Waals surface area contributed by atoms with Crippen LogP contribution in [0.3, 0.4) is 0 Å². The highest BCUT2D eigenvalue weighted by atomic mass is 79.9. The Bertz CT molecular complexity index is 440. The first-order chi connectivity index (χ1) is 7.16. The van der Waals surface area contributed by atoms with E-state index in [0.29, 0.717) is 0 Å². The van der Waals surface area contributed by atoms with E-state index in [1.807, 2.05) is 0 Å². The van der Waals surface area contributed by atoms with Crippen LogP contribution < -0.4 is 5.32 Å². The summed E-state index contributed by atoms with van der Waals surface area (Å²) in [4.78, 5) is 7.16. The lowest BCUT2D eigenvalue weighted by Crippen LogP contribution is -1.97. The van der Waals surface area contributed by atoms with Crippen molar-refractivity contribution in [1.29, 1.82) is 0 Å². The molecule has 0 saturated heterocycles. The average molecular weight is 266 g/mol. The molecule has 0 atom stereocenters. The summed E-state index contributed by atoms with van der Waals surface area (Å²) >= 11 is 3.47. The number of H-pyrrole nitrogens is 1. The van der Waals surface area contributed by atoms with E-state index in [1.165, 1.54) is 11.1 Å². The molecule has 3 nitrogen and oxygen atoms in total. The van der Waals surface area contributed by atoms with Crippen molar-refractivity contribution < 1.29 is 0 Å². The zero-order valence-electron chi connectivity index (χ0n) is 8.63. The maximum Gasteiger partial charge on any atom is 0.204 e. The van der Waals surface area contributed by atoms with Crippen LogP contribution in [0, 0.1) is 13.8 Å². The molecule has 0 radical (unpaired) electrons. The molecule has 1 aromatic heterocycles. The zero-order chi connectivity index (χ0) is 10.8. The number of aryl methyl sites for hydroxylation is 2. The van der Waals surface area contributed by atoms with Crippen LogP contribution in [-0.4, -0.2) is 9.97 Å². The molecule has 0 aliphatic carbocycles. The normalized spacial score (nSPS) is 10.3. The van der Waals surface area contributed by atoms with Crippen molar-refractivity contribution in [3.63, 3.8) is 0 Å². The summed E-state index contributed by atoms with van der Waals surface area (Å²) in [6, 6.07) is 4.16. The number of benzene rings is 1. The van der Waals surface area contributed by atoms with Gasteiger partial charge in [0.25, 0.3) is 0 Å². The molecular weight excluding hydrogens is 254 g/mol. The molecular formula is C11H12BrN3. The van der Waals surface area contributed by atoms with E-state index < -0.39 is 0 Å². The van der Waals surface area contributed by atoms with E-state index in [4.69, 9.17) is 0 Å². The van der Waals surface area contributed by atoms with Gasteiger partial charge in [0.05, 0.1) is 0 Å². The van der Waals surface area contributed by atoms with Crippen LogP contribution in [0.5, 0.6) is 0 Å². The van der Waals surface area contributed by atoms with Crippen LogP contribution in [0.15, 0.2) is 29.0 Å². The number of hydrogen-bond donors (Lipinski definition) is 2. The Morgan fingerprint density at radius 2 is 1.93 bits per heavy atom. The van der Waals surface area contributed by atoms with Crippen LogP contribution in [0.2, 0.25) is 0 Å². The van der Waals surface area contributed by atoms with Gasteiger partial charge in [-0.15, -0.1) is 0 Å². The molecule has 2 rings (SSSR count). The Morgan fingerprint density at radius 1 is 1.27 bits per heavy atom. The van der Waals surface area contributed by atoms with Gasteiger partial charge in [0.15, 0.2) is 0 Å². The lowest BCUT2D eigenvalue weighted by atomic mass is 10.1. The van der Waals surface area contributed by atoms with Gasteiger partial charge in [0.2, 0.25) is 5.95 Å². The van der Waals surface area contributed by atoms with E-state index in [-0.39, 0.29) is 0 Å². The largest absolute Gasteiger partial charge is 0.331 e. The number of aromatic nitrogens is 2. The van der Waals surface area contributed by atoms with Gasteiger partial charge in [-0.25, -0.2) is 4.98 Å². The van der Waals surface area contributed by atoms with Crippen molar-refractivity contribution in [2.45, 2.75) is 13.8 Å². The van der Waals surface area contributed by atoms with Gasteiger partial charge in [-0.3, -0.25) is 0 Å². The van der Waals surface area contributed by atoms with Gasteiger partial charge in [0, 0.05) is 22.6 Å². The lowest BCUT2D eigenvalue weighted by molar-refractivity contribution is 1.25. The van der Waals surface area contributed by atoms with Gasteiger partial charge >= 0.3 is 0 Å². The Morgan fingerprint density at radius 3 is 2.47 bits per heavy atom. The Kier molecular flexibility index (Phi) is 2.77. The smallest absolute Gasteiger partial charge is 0.204 e. The first kappa shape index (κ1) is 10.2. The molecule has 1 heterocycles. The zero-order valence-corrected chi connectivity index (χ0v) is 10.2. The summed E-state index contributed by atoms with van der Waals surface area (Å²) in [5.41, 5.74) is 3.49. The van der Waals surface area contributed by atoms with E-state index in [0.717, 1.165) is 16.1 Å². The van der Waals surface area contributed by atoms with Crippen LogP contribution in [0.25, 0.3) is 0 Å². The fraction of sp³-hybridized carbons (Fsp3) is 0.182. The molecule has 0 bridgehead atoms. The monoisotopic (exact) mass is 265 g/mol. The maximum atomic E-state index is 4.14. The maximum absolute atomic E-state index is 4.14. The Balaban J connectivity index is 2.36. The van der Waals surface area contributed by atoms with Crippen molar-refractivity contribution >= 4 is 27.6 Å². The number of nitrogens with one attached hydrogen (secondary N) is 2. The van der Waals surface area contributed by atoms with Gasteiger partial charge in [0.1, 0.15) is 0 Å². The highest BCUT2D eigenvalue weighted by Crippen LogP contribution is 2.26. The quantitative estimate of drug-likeness (QED) is 0.872. The molecule has 78 valence electrons. The molecule has 0 aliphatic heterocycles. The minimum absolute atomic E-state index is 0.767. The minimum atomic E-state index is 0.767. The second-order valence-electron chi connectivity index (χ2n) is 3.48. The molecule has 0 aliphatic rings. The van der Waals surface area contributed by atoms with Crippen molar-refractivity contribution in [3.05, 3.63) is 40.1 Å². The Hall–Kier alpha value is -1.29. The summed E-state index contributed by atoms with van der Waals surface area (Å²) in [6.45, 7) is 4.14. The predicted molar refractivity (Wildman–Crippen MR) is 65.5 cm³/mol. The highest BCUT2D eigenvalue weighted by Gasteiger charge is 2.05. The second-order valence-corrected chi connectivity index (χ2v) is 4.39. The summed E-state index contributed by atoms with van der Waals surface area (Å²) < 4.78 is 1.10. The number of aromatic amines is 1. The molecule has 0 fully saturated rings. The summed E-state index contributed by atoms with van der Waals surface area (Å²) in [5, 5.41) is 3.26. The van der Waals surface area contributed by atoms with E-state index in [2.05, 4.69) is 57.2 Å². The molecule has 4 heteroatoms. The van der Waals surface area contributed by atoms with Gasteiger partial charge in [-0.1, -0.05) is 15.9 Å². The SMILES string of the molecule is Cc1cc(Br)cc(C)c1Nc1ncc[nH]1. The lowest BCUT2D eigenvalue weighted by Gasteiger charge is -2.11. The van der Waals surface area contributed by atoms with E-state index in [1.54, 1.807) is 12.4 Å². The van der Waals surface area contributed by atoms with Gasteiger partial charge in [-0.2, -0.15) is 0 Å². The number of halogens is 1. The van der Waals surface area contributed by atoms with Crippen molar-refractivity contribution in [3.8, 4) is 0 Å². The summed E-state index contributed by atoms with van der Waals surface area (Å²) in [6.07, 6.45) is 3.53. The fourth-order valence-electron chi connectivity index (χ4n) is 1.56. The number of anilines is 2. The second kappa shape index (κ2) is 4.06. The van der Waals surface area contributed by atoms with Gasteiger partial charge in [-0.05, 0) is 37.1 Å². The molecule has 2 N–H and O–H groups in total. The van der Waals surface area contributed by atoms with Crippen LogP contribution in [0.4, 0.5) is 11.6 Å². The van der Waals surface area contributed by atoms with Gasteiger partial charge < -0.3 is 10.3 Å². The predicted octanol–water partition coefficient (Wildman–Crippen LogP) is 3.53. The molecule has 0 amide bonds. The first-order valence-corrected chi connectivity index (χ1v) is 5.49. The topological polar surface area (TPSA) is 40.7 Å². The third-order valence-corrected chi connectivity index (χ3v) is 2.70. The number of rotatable bonds is 2. The number of nitrogens with zero attached hydrogens (tertiary/aromatic N) is 1. The standard InChI is InChI=1S/C11H12BrN3/c1-7-5-9(12)6-8(2)10(7)15-11-13-3-4-14-11/h3-6H,1-2H3,(H2,13,14,15). The highest BCUT2D eigenvalue weighted by molar-refractivity contribution is 9.10. The van der Waals surface area contributed by atoms with Crippen molar-refractivity contribution in [2.75, 3.05) is 5.32 Å². The summed E-state index contributed by atoms with van der Waals surface area (Å²) in [5.74, 6) is 0.767. The van der Waals surface area contributed by atoms with E-state index in [9.17, 15) is 0 Å². The molecule has 0 saturated carbocycles. The van der Waals surface area contributed by atoms with Crippen molar-refractivity contribution in [2.24, 2.45) is 0 Å². The first-order valence-electron chi connectivity index (χ1n) is 4.70. The van der Waals surface area contributed by atoms with Crippen LogP contribution >= 0.6 is 15.9 Å². The molecule has 2 aromatic rings. The number of imidazole rings is 1. The molecule has 1 aromatic carbocycles. The number of hydrogen-bond acceptors (Lipinski definition) is 2. The summed E-state index contributed by atoms with van der Waals surface area (Å²) in [7, 11) is 0.